The summed E-state index contributed by atoms with van der Waals surface area (Å²) in [5.74, 6) is 0.843. The molecule has 0 bridgehead atoms. The third-order valence-corrected chi connectivity index (χ3v) is 3.73. The molecular weight excluding hydrogens is 228 g/mol. The Kier molecular flexibility index (Phi) is 4.24. The highest BCUT2D eigenvalue weighted by molar-refractivity contribution is 5.68. The highest BCUT2D eigenvalue weighted by atomic mass is 16.5. The monoisotopic (exact) mass is 248 g/mol. The zero-order valence-electron chi connectivity index (χ0n) is 10.8. The van der Waals surface area contributed by atoms with E-state index in [-0.39, 0.29) is 12.3 Å². The summed E-state index contributed by atoms with van der Waals surface area (Å²) < 4.78 is 5.41. The first-order chi connectivity index (χ1) is 8.70. The SMILES string of the molecule is CCOc1ccc(C(CC(=O)O)C2CCC2)cc1. The minimum absolute atomic E-state index is 0.159. The fraction of sp³-hybridized carbons (Fsp3) is 0.533. The van der Waals surface area contributed by atoms with Crippen LogP contribution in [-0.4, -0.2) is 17.7 Å². The number of aliphatic carboxylic acids is 1. The van der Waals surface area contributed by atoms with Crippen molar-refractivity contribution in [3.63, 3.8) is 0 Å². The molecule has 0 spiro atoms. The van der Waals surface area contributed by atoms with Crippen molar-refractivity contribution >= 4 is 5.97 Å². The summed E-state index contributed by atoms with van der Waals surface area (Å²) in [5, 5.41) is 9.03. The minimum atomic E-state index is -0.708. The van der Waals surface area contributed by atoms with Crippen LogP contribution in [0.25, 0.3) is 0 Å². The van der Waals surface area contributed by atoms with Gasteiger partial charge in [0.2, 0.25) is 0 Å². The summed E-state index contributed by atoms with van der Waals surface area (Å²) in [5.41, 5.74) is 1.13. The third-order valence-electron chi connectivity index (χ3n) is 3.73. The molecular formula is C15H20O3. The van der Waals surface area contributed by atoms with Gasteiger partial charge in [-0.05, 0) is 49.3 Å². The Morgan fingerprint density at radius 1 is 1.39 bits per heavy atom. The maximum Gasteiger partial charge on any atom is 0.303 e. The number of carbonyl (C=O) groups is 1. The van der Waals surface area contributed by atoms with E-state index in [4.69, 9.17) is 9.84 Å². The van der Waals surface area contributed by atoms with E-state index >= 15 is 0 Å². The van der Waals surface area contributed by atoms with Gasteiger partial charge in [0, 0.05) is 0 Å². The fourth-order valence-corrected chi connectivity index (χ4v) is 2.56. The van der Waals surface area contributed by atoms with E-state index in [1.54, 1.807) is 0 Å². The van der Waals surface area contributed by atoms with Crippen molar-refractivity contribution in [2.45, 2.75) is 38.5 Å². The molecule has 18 heavy (non-hydrogen) atoms. The first-order valence-corrected chi connectivity index (χ1v) is 6.65. The molecule has 1 N–H and O–H groups in total. The number of carboxylic acids is 1. The largest absolute Gasteiger partial charge is 0.494 e. The molecule has 1 unspecified atom stereocenters. The standard InChI is InChI=1S/C15H20O3/c1-2-18-13-8-6-12(7-9-13)14(10-15(16)17)11-4-3-5-11/h6-9,11,14H,2-5,10H2,1H3,(H,16,17). The van der Waals surface area contributed by atoms with Crippen LogP contribution in [0.4, 0.5) is 0 Å². The van der Waals surface area contributed by atoms with Crippen LogP contribution < -0.4 is 4.74 Å². The normalized spacial score (nSPS) is 16.9. The number of ether oxygens (including phenoxy) is 1. The molecule has 2 rings (SSSR count). The maximum atomic E-state index is 11.0. The smallest absolute Gasteiger partial charge is 0.303 e. The molecule has 1 fully saturated rings. The average molecular weight is 248 g/mol. The van der Waals surface area contributed by atoms with Crippen LogP contribution in [-0.2, 0) is 4.79 Å². The average Bonchev–Trinajstić information content (AvgIpc) is 2.27. The van der Waals surface area contributed by atoms with Gasteiger partial charge in [-0.2, -0.15) is 0 Å². The highest BCUT2D eigenvalue weighted by Crippen LogP contribution is 2.41. The van der Waals surface area contributed by atoms with Gasteiger partial charge in [-0.25, -0.2) is 0 Å². The van der Waals surface area contributed by atoms with Crippen molar-refractivity contribution in [1.29, 1.82) is 0 Å². The van der Waals surface area contributed by atoms with Crippen molar-refractivity contribution in [3.05, 3.63) is 29.8 Å². The van der Waals surface area contributed by atoms with E-state index in [2.05, 4.69) is 0 Å². The van der Waals surface area contributed by atoms with Crippen molar-refractivity contribution in [2.75, 3.05) is 6.61 Å². The topological polar surface area (TPSA) is 46.5 Å². The molecule has 1 aromatic rings. The van der Waals surface area contributed by atoms with Crippen molar-refractivity contribution in [1.82, 2.24) is 0 Å². The van der Waals surface area contributed by atoms with Crippen LogP contribution in [0.5, 0.6) is 5.75 Å². The fourth-order valence-electron chi connectivity index (χ4n) is 2.56. The van der Waals surface area contributed by atoms with Gasteiger partial charge in [0.15, 0.2) is 0 Å². The Morgan fingerprint density at radius 3 is 2.50 bits per heavy atom. The Labute approximate surface area is 108 Å². The molecule has 98 valence electrons. The van der Waals surface area contributed by atoms with Crippen LogP contribution in [0.2, 0.25) is 0 Å². The molecule has 0 saturated heterocycles. The lowest BCUT2D eigenvalue weighted by Gasteiger charge is -2.33. The molecule has 0 aliphatic heterocycles. The molecule has 3 heteroatoms. The minimum Gasteiger partial charge on any atom is -0.494 e. The van der Waals surface area contributed by atoms with E-state index in [0.717, 1.165) is 24.2 Å². The second kappa shape index (κ2) is 5.89. The van der Waals surface area contributed by atoms with Gasteiger partial charge >= 0.3 is 5.97 Å². The first-order valence-electron chi connectivity index (χ1n) is 6.65. The quantitative estimate of drug-likeness (QED) is 0.838. The zero-order valence-corrected chi connectivity index (χ0v) is 10.8. The summed E-state index contributed by atoms with van der Waals surface area (Å²) in [7, 11) is 0. The Hall–Kier alpha value is -1.51. The Balaban J connectivity index is 2.11. The van der Waals surface area contributed by atoms with Gasteiger partial charge in [-0.1, -0.05) is 18.6 Å². The second-order valence-corrected chi connectivity index (χ2v) is 4.90. The lowest BCUT2D eigenvalue weighted by atomic mass is 9.72. The number of hydrogen-bond acceptors (Lipinski definition) is 2. The maximum absolute atomic E-state index is 11.0. The van der Waals surface area contributed by atoms with Gasteiger partial charge in [0.25, 0.3) is 0 Å². The van der Waals surface area contributed by atoms with Crippen LogP contribution in [0.3, 0.4) is 0 Å². The number of benzene rings is 1. The van der Waals surface area contributed by atoms with Crippen LogP contribution >= 0.6 is 0 Å². The molecule has 0 aromatic heterocycles. The van der Waals surface area contributed by atoms with Gasteiger partial charge < -0.3 is 9.84 Å². The van der Waals surface area contributed by atoms with E-state index < -0.39 is 5.97 Å². The summed E-state index contributed by atoms with van der Waals surface area (Å²) in [6.45, 7) is 2.61. The van der Waals surface area contributed by atoms with Gasteiger partial charge in [-0.15, -0.1) is 0 Å². The zero-order chi connectivity index (χ0) is 13.0. The summed E-state index contributed by atoms with van der Waals surface area (Å²) in [6.07, 6.45) is 3.78. The van der Waals surface area contributed by atoms with E-state index in [1.165, 1.54) is 6.42 Å². The van der Waals surface area contributed by atoms with Crippen LogP contribution in [0.1, 0.15) is 44.1 Å². The summed E-state index contributed by atoms with van der Waals surface area (Å²) >= 11 is 0. The highest BCUT2D eigenvalue weighted by Gasteiger charge is 2.30. The second-order valence-electron chi connectivity index (χ2n) is 4.90. The molecule has 1 aliphatic rings. The van der Waals surface area contributed by atoms with E-state index in [9.17, 15) is 4.79 Å². The first kappa shape index (κ1) is 12.9. The predicted molar refractivity (Wildman–Crippen MR) is 69.9 cm³/mol. The molecule has 1 saturated carbocycles. The number of hydrogen-bond donors (Lipinski definition) is 1. The van der Waals surface area contributed by atoms with E-state index in [1.807, 2.05) is 31.2 Å². The summed E-state index contributed by atoms with van der Waals surface area (Å²) in [6, 6.07) is 7.90. The molecule has 1 atom stereocenters. The summed E-state index contributed by atoms with van der Waals surface area (Å²) in [4.78, 5) is 11.0. The molecule has 3 nitrogen and oxygen atoms in total. The van der Waals surface area contributed by atoms with E-state index in [0.29, 0.717) is 12.5 Å². The van der Waals surface area contributed by atoms with Gasteiger partial charge in [0.05, 0.1) is 13.0 Å². The van der Waals surface area contributed by atoms with Gasteiger partial charge in [-0.3, -0.25) is 4.79 Å². The molecule has 1 aliphatic carbocycles. The number of carboxylic acid groups (broad SMARTS) is 1. The van der Waals surface area contributed by atoms with Crippen molar-refractivity contribution in [3.8, 4) is 5.75 Å². The molecule has 1 aromatic carbocycles. The third kappa shape index (κ3) is 3.03. The van der Waals surface area contributed by atoms with Crippen LogP contribution in [0.15, 0.2) is 24.3 Å². The van der Waals surface area contributed by atoms with Gasteiger partial charge in [0.1, 0.15) is 5.75 Å². The Bertz CT molecular complexity index is 393. The predicted octanol–water partition coefficient (Wildman–Crippen LogP) is 3.44. The van der Waals surface area contributed by atoms with Crippen molar-refractivity contribution < 1.29 is 14.6 Å². The van der Waals surface area contributed by atoms with Crippen molar-refractivity contribution in [2.24, 2.45) is 5.92 Å². The lowest BCUT2D eigenvalue weighted by molar-refractivity contribution is -0.138. The number of rotatable bonds is 6. The van der Waals surface area contributed by atoms with Crippen LogP contribution in [0, 0.1) is 5.92 Å². The lowest BCUT2D eigenvalue weighted by Crippen LogP contribution is -2.22. The molecule has 0 heterocycles. The Morgan fingerprint density at radius 2 is 2.06 bits per heavy atom. The molecule has 0 amide bonds. The molecule has 0 radical (unpaired) electrons.